The van der Waals surface area contributed by atoms with Gasteiger partial charge in [0.15, 0.2) is 0 Å². The maximum absolute atomic E-state index is 5.35. The van der Waals surface area contributed by atoms with Gasteiger partial charge >= 0.3 is 0 Å². The van der Waals surface area contributed by atoms with E-state index in [1.807, 2.05) is 0 Å². The second-order valence-electron chi connectivity index (χ2n) is 4.63. The average molecular weight is 201 g/mol. The number of allylic oxidation sites excluding steroid dienone is 6. The Balaban J connectivity index is 2.36. The van der Waals surface area contributed by atoms with Crippen molar-refractivity contribution in [2.45, 2.75) is 13.8 Å². The van der Waals surface area contributed by atoms with E-state index in [9.17, 15) is 0 Å². The van der Waals surface area contributed by atoms with Crippen molar-refractivity contribution in [3.63, 3.8) is 0 Å². The standard InChI is InChI=1S/C14H17O/c1-10-13(15-4)9-12(14(10,2)3)11-7-5-6-8-11/h5-9,12H,1H2,2-4H3/t12-/m0/s1. The summed E-state index contributed by atoms with van der Waals surface area (Å²) in [7, 11) is 1.71. The number of rotatable bonds is 2. The Labute approximate surface area is 91.8 Å². The van der Waals surface area contributed by atoms with Crippen LogP contribution >= 0.6 is 0 Å². The highest BCUT2D eigenvalue weighted by molar-refractivity contribution is 5.48. The lowest BCUT2D eigenvalue weighted by molar-refractivity contribution is 0.291. The molecule has 2 rings (SSSR count). The van der Waals surface area contributed by atoms with Gasteiger partial charge in [-0.1, -0.05) is 38.7 Å². The molecule has 0 spiro atoms. The van der Waals surface area contributed by atoms with Gasteiger partial charge < -0.3 is 4.74 Å². The zero-order valence-electron chi connectivity index (χ0n) is 9.58. The molecular formula is C14H17O. The molecular weight excluding hydrogens is 184 g/mol. The fourth-order valence-electron chi connectivity index (χ4n) is 2.27. The Morgan fingerprint density at radius 3 is 2.60 bits per heavy atom. The summed E-state index contributed by atoms with van der Waals surface area (Å²) in [6, 6.07) is 0. The van der Waals surface area contributed by atoms with Crippen LogP contribution in [0, 0.1) is 17.8 Å². The normalized spacial score (nSPS) is 27.9. The molecule has 0 aromatic rings. The first-order chi connectivity index (χ1) is 7.07. The Hall–Kier alpha value is -1.24. The van der Waals surface area contributed by atoms with E-state index in [0.29, 0.717) is 5.92 Å². The smallest absolute Gasteiger partial charge is 0.118 e. The predicted octanol–water partition coefficient (Wildman–Crippen LogP) is 3.43. The Morgan fingerprint density at radius 1 is 1.40 bits per heavy atom. The van der Waals surface area contributed by atoms with Crippen LogP contribution in [0.3, 0.4) is 0 Å². The van der Waals surface area contributed by atoms with Gasteiger partial charge in [0, 0.05) is 17.8 Å². The lowest BCUT2D eigenvalue weighted by atomic mass is 9.75. The molecule has 0 N–H and O–H groups in total. The van der Waals surface area contributed by atoms with Crippen molar-refractivity contribution >= 4 is 0 Å². The highest BCUT2D eigenvalue weighted by Crippen LogP contribution is 2.49. The summed E-state index contributed by atoms with van der Waals surface area (Å²) >= 11 is 0. The van der Waals surface area contributed by atoms with Gasteiger partial charge in [-0.15, -0.1) is 0 Å². The lowest BCUT2D eigenvalue weighted by Gasteiger charge is -2.28. The Morgan fingerprint density at radius 2 is 2.13 bits per heavy atom. The maximum Gasteiger partial charge on any atom is 0.118 e. The van der Waals surface area contributed by atoms with E-state index < -0.39 is 0 Å². The van der Waals surface area contributed by atoms with Crippen LogP contribution in [0.4, 0.5) is 0 Å². The Bertz CT molecular complexity index is 380. The van der Waals surface area contributed by atoms with Gasteiger partial charge in [-0.3, -0.25) is 0 Å². The van der Waals surface area contributed by atoms with Crippen LogP contribution in [0.2, 0.25) is 0 Å². The molecule has 1 heteroatoms. The lowest BCUT2D eigenvalue weighted by Crippen LogP contribution is -2.21. The molecule has 0 aromatic heterocycles. The van der Waals surface area contributed by atoms with E-state index in [-0.39, 0.29) is 5.41 Å². The molecule has 0 saturated heterocycles. The first kappa shape index (κ1) is 10.3. The van der Waals surface area contributed by atoms with Crippen LogP contribution in [0.25, 0.3) is 0 Å². The number of ether oxygens (including phenoxy) is 1. The number of methoxy groups -OCH3 is 1. The quantitative estimate of drug-likeness (QED) is 0.665. The van der Waals surface area contributed by atoms with Gasteiger partial charge in [0.05, 0.1) is 7.11 Å². The SMILES string of the molecule is C=C1C(OC)=C[C@@H](C2=C[CH]C=C2)C1(C)C. The van der Waals surface area contributed by atoms with E-state index >= 15 is 0 Å². The van der Waals surface area contributed by atoms with Crippen molar-refractivity contribution in [1.29, 1.82) is 0 Å². The summed E-state index contributed by atoms with van der Waals surface area (Å²) in [6.07, 6.45) is 10.7. The number of hydrogen-bond acceptors (Lipinski definition) is 1. The molecule has 0 unspecified atom stereocenters. The second-order valence-corrected chi connectivity index (χ2v) is 4.63. The van der Waals surface area contributed by atoms with Crippen LogP contribution in [-0.4, -0.2) is 7.11 Å². The molecule has 1 atom stereocenters. The fourth-order valence-corrected chi connectivity index (χ4v) is 2.27. The molecule has 79 valence electrons. The monoisotopic (exact) mass is 201 g/mol. The highest BCUT2D eigenvalue weighted by atomic mass is 16.5. The third-order valence-electron chi connectivity index (χ3n) is 3.44. The van der Waals surface area contributed by atoms with Crippen LogP contribution in [0.1, 0.15) is 13.8 Å². The summed E-state index contributed by atoms with van der Waals surface area (Å²) < 4.78 is 5.35. The van der Waals surface area contributed by atoms with E-state index in [4.69, 9.17) is 4.74 Å². The van der Waals surface area contributed by atoms with Gasteiger partial charge in [-0.2, -0.15) is 0 Å². The molecule has 0 aliphatic heterocycles. The summed E-state index contributed by atoms with van der Waals surface area (Å²) in [4.78, 5) is 0. The molecule has 2 aliphatic carbocycles. The summed E-state index contributed by atoms with van der Waals surface area (Å²) in [6.45, 7) is 8.56. The van der Waals surface area contributed by atoms with E-state index in [1.165, 1.54) is 5.57 Å². The van der Waals surface area contributed by atoms with Crippen molar-refractivity contribution in [3.8, 4) is 0 Å². The van der Waals surface area contributed by atoms with Crippen molar-refractivity contribution in [3.05, 3.63) is 54.2 Å². The first-order valence-electron chi connectivity index (χ1n) is 5.24. The van der Waals surface area contributed by atoms with Crippen LogP contribution in [0.5, 0.6) is 0 Å². The van der Waals surface area contributed by atoms with Crippen LogP contribution in [-0.2, 0) is 4.74 Å². The molecule has 15 heavy (non-hydrogen) atoms. The molecule has 0 bridgehead atoms. The molecule has 0 heterocycles. The third-order valence-corrected chi connectivity index (χ3v) is 3.44. The molecule has 0 saturated carbocycles. The zero-order valence-corrected chi connectivity index (χ0v) is 9.58. The molecule has 2 aliphatic rings. The van der Waals surface area contributed by atoms with Gasteiger partial charge in [0.25, 0.3) is 0 Å². The largest absolute Gasteiger partial charge is 0.497 e. The van der Waals surface area contributed by atoms with E-state index in [2.05, 4.69) is 51.2 Å². The highest BCUT2D eigenvalue weighted by Gasteiger charge is 2.40. The van der Waals surface area contributed by atoms with Crippen molar-refractivity contribution < 1.29 is 4.74 Å². The third kappa shape index (κ3) is 1.46. The molecule has 1 radical (unpaired) electrons. The minimum atomic E-state index is 0.0553. The van der Waals surface area contributed by atoms with Gasteiger partial charge in [-0.25, -0.2) is 0 Å². The predicted molar refractivity (Wildman–Crippen MR) is 63.0 cm³/mol. The van der Waals surface area contributed by atoms with Gasteiger partial charge in [0.1, 0.15) is 5.76 Å². The first-order valence-corrected chi connectivity index (χ1v) is 5.24. The maximum atomic E-state index is 5.35. The van der Waals surface area contributed by atoms with Gasteiger partial charge in [0.2, 0.25) is 0 Å². The molecule has 0 aromatic carbocycles. The fraction of sp³-hybridized carbons (Fsp3) is 0.357. The molecule has 0 fully saturated rings. The topological polar surface area (TPSA) is 9.23 Å². The van der Waals surface area contributed by atoms with E-state index in [1.54, 1.807) is 7.11 Å². The number of hydrogen-bond donors (Lipinski definition) is 0. The van der Waals surface area contributed by atoms with Crippen LogP contribution < -0.4 is 0 Å². The molecule has 0 amide bonds. The minimum Gasteiger partial charge on any atom is -0.497 e. The second kappa shape index (κ2) is 3.41. The summed E-state index contributed by atoms with van der Waals surface area (Å²) in [5.74, 6) is 1.32. The van der Waals surface area contributed by atoms with Crippen LogP contribution in [0.15, 0.2) is 47.8 Å². The zero-order chi connectivity index (χ0) is 11.1. The Kier molecular flexibility index (Phi) is 2.34. The van der Waals surface area contributed by atoms with Crippen molar-refractivity contribution in [1.82, 2.24) is 0 Å². The molecule has 1 nitrogen and oxygen atoms in total. The minimum absolute atomic E-state index is 0.0553. The average Bonchev–Trinajstić information content (AvgIpc) is 2.76. The summed E-state index contributed by atoms with van der Waals surface area (Å²) in [5.41, 5.74) is 2.49. The van der Waals surface area contributed by atoms with Crippen molar-refractivity contribution in [2.24, 2.45) is 11.3 Å². The summed E-state index contributed by atoms with van der Waals surface area (Å²) in [5, 5.41) is 0. The van der Waals surface area contributed by atoms with E-state index in [0.717, 1.165) is 11.3 Å². The van der Waals surface area contributed by atoms with Crippen molar-refractivity contribution in [2.75, 3.05) is 7.11 Å². The van der Waals surface area contributed by atoms with Gasteiger partial charge in [-0.05, 0) is 17.2 Å².